The number of anilines is 1. The SMILES string of the molecule is O=C(NCc1cccc2ccccc12)Nc1nc(-c2ccc(-c3ccccc3)cc2)cs1. The van der Waals surface area contributed by atoms with Crippen molar-refractivity contribution in [1.82, 2.24) is 10.3 Å². The molecule has 0 saturated heterocycles. The van der Waals surface area contributed by atoms with Crippen LogP contribution in [0.25, 0.3) is 33.2 Å². The van der Waals surface area contributed by atoms with E-state index in [1.54, 1.807) is 0 Å². The number of hydrogen-bond acceptors (Lipinski definition) is 3. The predicted molar refractivity (Wildman–Crippen MR) is 133 cm³/mol. The molecule has 0 aliphatic heterocycles. The third-order valence-electron chi connectivity index (χ3n) is 5.33. The summed E-state index contributed by atoms with van der Waals surface area (Å²) in [6.07, 6.45) is 0. The average molecular weight is 436 g/mol. The van der Waals surface area contributed by atoms with Crippen molar-refractivity contribution in [2.24, 2.45) is 0 Å². The first kappa shape index (κ1) is 20.0. The Balaban J connectivity index is 1.22. The highest BCUT2D eigenvalue weighted by molar-refractivity contribution is 7.14. The molecule has 2 amide bonds. The highest BCUT2D eigenvalue weighted by Gasteiger charge is 2.09. The summed E-state index contributed by atoms with van der Waals surface area (Å²) in [5.74, 6) is 0. The lowest BCUT2D eigenvalue weighted by atomic mass is 10.0. The van der Waals surface area contributed by atoms with Crippen LogP contribution in [-0.2, 0) is 6.54 Å². The molecule has 4 nitrogen and oxygen atoms in total. The lowest BCUT2D eigenvalue weighted by Gasteiger charge is -2.08. The molecule has 0 aliphatic carbocycles. The lowest BCUT2D eigenvalue weighted by Crippen LogP contribution is -2.28. The van der Waals surface area contributed by atoms with Crippen molar-refractivity contribution < 1.29 is 4.79 Å². The van der Waals surface area contributed by atoms with E-state index in [1.165, 1.54) is 16.9 Å². The molecule has 1 aromatic heterocycles. The van der Waals surface area contributed by atoms with Gasteiger partial charge in [0.05, 0.1) is 5.69 Å². The van der Waals surface area contributed by atoms with Crippen molar-refractivity contribution in [2.75, 3.05) is 5.32 Å². The van der Waals surface area contributed by atoms with E-state index in [0.717, 1.165) is 33.2 Å². The van der Waals surface area contributed by atoms with E-state index in [4.69, 9.17) is 0 Å². The number of benzene rings is 4. The van der Waals surface area contributed by atoms with Crippen LogP contribution in [-0.4, -0.2) is 11.0 Å². The summed E-state index contributed by atoms with van der Waals surface area (Å²) >= 11 is 1.41. The van der Waals surface area contributed by atoms with Gasteiger partial charge in [0.25, 0.3) is 0 Å². The zero-order valence-corrected chi connectivity index (χ0v) is 18.1. The van der Waals surface area contributed by atoms with Gasteiger partial charge in [-0.25, -0.2) is 9.78 Å². The Morgan fingerprint density at radius 1 is 0.750 bits per heavy atom. The first-order valence-electron chi connectivity index (χ1n) is 10.4. The summed E-state index contributed by atoms with van der Waals surface area (Å²) in [6, 6.07) is 32.6. The number of carbonyl (C=O) groups is 1. The molecule has 0 fully saturated rings. The number of urea groups is 1. The van der Waals surface area contributed by atoms with Gasteiger partial charge in [-0.05, 0) is 27.5 Å². The van der Waals surface area contributed by atoms with Crippen molar-refractivity contribution in [2.45, 2.75) is 6.54 Å². The van der Waals surface area contributed by atoms with Gasteiger partial charge in [0.1, 0.15) is 0 Å². The fraction of sp³-hybridized carbons (Fsp3) is 0.0370. The van der Waals surface area contributed by atoms with Crippen LogP contribution >= 0.6 is 11.3 Å². The molecule has 32 heavy (non-hydrogen) atoms. The van der Waals surface area contributed by atoms with Crippen molar-refractivity contribution in [3.05, 3.63) is 108 Å². The molecular formula is C27H21N3OS. The summed E-state index contributed by atoms with van der Waals surface area (Å²) in [4.78, 5) is 17.0. The van der Waals surface area contributed by atoms with Crippen LogP contribution in [0.2, 0.25) is 0 Å². The number of rotatable bonds is 5. The second kappa shape index (κ2) is 9.04. The molecule has 2 N–H and O–H groups in total. The van der Waals surface area contributed by atoms with Crippen LogP contribution in [0.15, 0.2) is 102 Å². The topological polar surface area (TPSA) is 54.0 Å². The number of nitrogens with one attached hydrogen (secondary N) is 2. The number of aromatic nitrogens is 1. The normalized spacial score (nSPS) is 10.8. The van der Waals surface area contributed by atoms with Gasteiger partial charge in [-0.15, -0.1) is 11.3 Å². The van der Waals surface area contributed by atoms with E-state index in [1.807, 2.05) is 47.8 Å². The number of fused-ring (bicyclic) bond motifs is 1. The Kier molecular flexibility index (Phi) is 5.64. The zero-order valence-electron chi connectivity index (χ0n) is 17.3. The molecule has 0 radical (unpaired) electrons. The van der Waals surface area contributed by atoms with Gasteiger partial charge in [0.15, 0.2) is 5.13 Å². The van der Waals surface area contributed by atoms with Gasteiger partial charge in [-0.1, -0.05) is 97.1 Å². The second-order valence-corrected chi connectivity index (χ2v) is 8.29. The van der Waals surface area contributed by atoms with Crippen LogP contribution in [0.3, 0.4) is 0 Å². The maximum absolute atomic E-state index is 12.4. The Labute approximate surface area is 190 Å². The Hall–Kier alpha value is -3.96. The van der Waals surface area contributed by atoms with Gasteiger partial charge in [0.2, 0.25) is 0 Å². The lowest BCUT2D eigenvalue weighted by molar-refractivity contribution is 0.252. The van der Waals surface area contributed by atoms with Gasteiger partial charge in [-0.3, -0.25) is 5.32 Å². The molecular weight excluding hydrogens is 414 g/mol. The molecule has 0 spiro atoms. The van der Waals surface area contributed by atoms with Crippen molar-refractivity contribution in [3.8, 4) is 22.4 Å². The minimum atomic E-state index is -0.266. The van der Waals surface area contributed by atoms with Gasteiger partial charge < -0.3 is 5.32 Å². The van der Waals surface area contributed by atoms with Gasteiger partial charge in [0, 0.05) is 17.5 Å². The van der Waals surface area contributed by atoms with Crippen molar-refractivity contribution >= 4 is 33.3 Å². The summed E-state index contributed by atoms with van der Waals surface area (Å²) in [6.45, 7) is 0.451. The Morgan fingerprint density at radius 2 is 1.44 bits per heavy atom. The number of hydrogen-bond donors (Lipinski definition) is 2. The minimum Gasteiger partial charge on any atom is -0.334 e. The van der Waals surface area contributed by atoms with Crippen LogP contribution in [0, 0.1) is 0 Å². The fourth-order valence-electron chi connectivity index (χ4n) is 3.69. The summed E-state index contributed by atoms with van der Waals surface area (Å²) in [5, 5.41) is 10.6. The molecule has 0 aliphatic rings. The zero-order chi connectivity index (χ0) is 21.8. The predicted octanol–water partition coefficient (Wildman–Crippen LogP) is 6.95. The molecule has 0 bridgehead atoms. The second-order valence-electron chi connectivity index (χ2n) is 7.43. The molecule has 5 heteroatoms. The third kappa shape index (κ3) is 4.38. The maximum Gasteiger partial charge on any atom is 0.321 e. The highest BCUT2D eigenvalue weighted by atomic mass is 32.1. The van der Waals surface area contributed by atoms with Crippen LogP contribution < -0.4 is 10.6 Å². The summed E-state index contributed by atoms with van der Waals surface area (Å²) in [7, 11) is 0. The average Bonchev–Trinajstić information content (AvgIpc) is 3.32. The Bertz CT molecular complexity index is 1360. The molecule has 1 heterocycles. The van der Waals surface area contributed by atoms with E-state index in [0.29, 0.717) is 11.7 Å². The van der Waals surface area contributed by atoms with Gasteiger partial charge in [-0.2, -0.15) is 0 Å². The summed E-state index contributed by atoms with van der Waals surface area (Å²) < 4.78 is 0. The van der Waals surface area contributed by atoms with E-state index in [2.05, 4.69) is 70.2 Å². The number of amides is 2. The van der Waals surface area contributed by atoms with Crippen LogP contribution in [0.1, 0.15) is 5.56 Å². The molecule has 156 valence electrons. The monoisotopic (exact) mass is 435 g/mol. The standard InChI is InChI=1S/C27H21N3OS/c31-26(28-17-23-11-6-10-21-9-4-5-12-24(21)23)30-27-29-25(18-32-27)22-15-13-20(14-16-22)19-7-2-1-3-8-19/h1-16,18H,17H2,(H2,28,29,30,31). The van der Waals surface area contributed by atoms with Gasteiger partial charge >= 0.3 is 6.03 Å². The van der Waals surface area contributed by atoms with Crippen LogP contribution in [0.4, 0.5) is 9.93 Å². The maximum atomic E-state index is 12.4. The minimum absolute atomic E-state index is 0.266. The quantitative estimate of drug-likeness (QED) is 0.314. The number of thiazole rings is 1. The molecule has 0 unspecified atom stereocenters. The van der Waals surface area contributed by atoms with Crippen LogP contribution in [0.5, 0.6) is 0 Å². The fourth-order valence-corrected chi connectivity index (χ4v) is 4.41. The van der Waals surface area contributed by atoms with E-state index in [9.17, 15) is 4.79 Å². The number of carbonyl (C=O) groups excluding carboxylic acids is 1. The Morgan fingerprint density at radius 3 is 2.28 bits per heavy atom. The van der Waals surface area contributed by atoms with E-state index >= 15 is 0 Å². The number of nitrogens with zero attached hydrogens (tertiary/aromatic N) is 1. The molecule has 5 aromatic rings. The highest BCUT2D eigenvalue weighted by Crippen LogP contribution is 2.27. The smallest absolute Gasteiger partial charge is 0.321 e. The van der Waals surface area contributed by atoms with E-state index < -0.39 is 0 Å². The van der Waals surface area contributed by atoms with E-state index in [-0.39, 0.29) is 6.03 Å². The first-order chi connectivity index (χ1) is 15.8. The van der Waals surface area contributed by atoms with Crippen molar-refractivity contribution in [1.29, 1.82) is 0 Å². The largest absolute Gasteiger partial charge is 0.334 e. The van der Waals surface area contributed by atoms with Crippen molar-refractivity contribution in [3.63, 3.8) is 0 Å². The molecule has 4 aromatic carbocycles. The molecule has 0 saturated carbocycles. The summed E-state index contributed by atoms with van der Waals surface area (Å²) in [5.41, 5.74) is 5.29. The first-order valence-corrected chi connectivity index (χ1v) is 11.3. The molecule has 5 rings (SSSR count). The molecule has 0 atom stereocenters. The third-order valence-corrected chi connectivity index (χ3v) is 6.09.